The molecule has 4 rings (SSSR count). The maximum absolute atomic E-state index is 13.0. The highest BCUT2D eigenvalue weighted by Crippen LogP contribution is 2.39. The van der Waals surface area contributed by atoms with E-state index in [1.54, 1.807) is 30.3 Å². The van der Waals surface area contributed by atoms with Gasteiger partial charge in [-0.1, -0.05) is 18.2 Å². The number of amides is 2. The molecule has 0 radical (unpaired) electrons. The predicted octanol–water partition coefficient (Wildman–Crippen LogP) is 7.45. The number of ether oxygens (including phenoxy) is 2. The number of nitrogens with one attached hydrogen (secondary N) is 2. The quantitative estimate of drug-likeness (QED) is 0.258. The number of anilines is 2. The highest BCUT2D eigenvalue weighted by atomic mass is 79.9. The maximum Gasteiger partial charge on any atom is 0.573 e. The normalized spacial score (nSPS) is 14.6. The van der Waals surface area contributed by atoms with Crippen LogP contribution in [0.15, 0.2) is 62.1 Å². The summed E-state index contributed by atoms with van der Waals surface area (Å²) in [4.78, 5) is 26.6. The van der Waals surface area contributed by atoms with Gasteiger partial charge < -0.3 is 20.1 Å². The van der Waals surface area contributed by atoms with E-state index in [0.717, 1.165) is 12.1 Å². The molecule has 0 aliphatic carbocycles. The second-order valence-electron chi connectivity index (χ2n) is 8.55. The molecule has 238 valence electrons. The molecule has 0 bridgehead atoms. The maximum atomic E-state index is 13.0. The summed E-state index contributed by atoms with van der Waals surface area (Å²) in [6.45, 7) is 2.89. The van der Waals surface area contributed by atoms with Crippen LogP contribution in [0, 0.1) is 6.92 Å². The number of hydrogen-bond donors (Lipinski definition) is 2. The number of carbonyl (C=O) groups excluding carboxylic acids is 2. The van der Waals surface area contributed by atoms with Crippen molar-refractivity contribution in [1.29, 1.82) is 0 Å². The van der Waals surface area contributed by atoms with Gasteiger partial charge in [-0.15, -0.1) is 24.5 Å². The lowest BCUT2D eigenvalue weighted by molar-refractivity contribution is -0.274. The van der Waals surface area contributed by atoms with Crippen molar-refractivity contribution in [1.82, 2.24) is 4.98 Å². The van der Waals surface area contributed by atoms with E-state index in [1.807, 2.05) is 0 Å². The minimum atomic E-state index is -4.93. The third kappa shape index (κ3) is 9.42. The van der Waals surface area contributed by atoms with Gasteiger partial charge in [-0.25, -0.2) is 13.4 Å². The number of rotatable bonds is 5. The molecule has 1 aliphatic rings. The summed E-state index contributed by atoms with van der Waals surface area (Å²) >= 11 is 6.43. The number of carbonyl (C=O) groups is 2. The summed E-state index contributed by atoms with van der Waals surface area (Å²) in [5.41, 5.74) is -0.853. The SMILES string of the molecule is CC1=C(C(=O)Nc2ccccc2)S(=O)(=O)CCO1.Cc1nc(C(F)(F)F)c(C(=O)Nc2c(Br)cc(OC(F)(F)F)cc2Br)s1. The van der Waals surface area contributed by atoms with Gasteiger partial charge in [0.15, 0.2) is 20.4 Å². The smallest absolute Gasteiger partial charge is 0.496 e. The Hall–Kier alpha value is -3.16. The van der Waals surface area contributed by atoms with Gasteiger partial charge in [0.25, 0.3) is 11.8 Å². The molecule has 1 aliphatic heterocycles. The summed E-state index contributed by atoms with van der Waals surface area (Å²) in [7, 11) is -3.55. The van der Waals surface area contributed by atoms with Crippen molar-refractivity contribution in [3.63, 3.8) is 0 Å². The van der Waals surface area contributed by atoms with Gasteiger partial charge in [-0.3, -0.25) is 9.59 Å². The van der Waals surface area contributed by atoms with Crippen molar-refractivity contribution in [2.75, 3.05) is 23.0 Å². The molecule has 0 spiro atoms. The van der Waals surface area contributed by atoms with Crippen LogP contribution in [-0.4, -0.2) is 43.9 Å². The summed E-state index contributed by atoms with van der Waals surface area (Å²) in [5.74, 6) is -2.36. The lowest BCUT2D eigenvalue weighted by atomic mass is 10.2. The fraction of sp³-hybridized carbons (Fsp3) is 0.240. The Labute approximate surface area is 266 Å². The lowest BCUT2D eigenvalue weighted by Gasteiger charge is -2.18. The Morgan fingerprint density at radius 1 is 0.977 bits per heavy atom. The van der Waals surface area contributed by atoms with Crippen molar-refractivity contribution in [3.05, 3.63) is 77.7 Å². The van der Waals surface area contributed by atoms with Gasteiger partial charge in [-0.2, -0.15) is 13.2 Å². The molecular weight excluding hydrogens is 776 g/mol. The van der Waals surface area contributed by atoms with Crippen LogP contribution in [0.3, 0.4) is 0 Å². The summed E-state index contributed by atoms with van der Waals surface area (Å²) in [6.07, 6.45) is -9.75. The Bertz CT molecular complexity index is 1670. The van der Waals surface area contributed by atoms with Crippen LogP contribution in [0.2, 0.25) is 0 Å². The fourth-order valence-electron chi connectivity index (χ4n) is 3.51. The zero-order chi connectivity index (χ0) is 33.0. The largest absolute Gasteiger partial charge is 0.573 e. The first kappa shape index (κ1) is 35.3. The number of halogens is 8. The molecule has 2 heterocycles. The van der Waals surface area contributed by atoms with E-state index in [9.17, 15) is 44.3 Å². The minimum absolute atomic E-state index is 0.0331. The molecule has 0 unspecified atom stereocenters. The highest BCUT2D eigenvalue weighted by Gasteiger charge is 2.39. The van der Waals surface area contributed by atoms with Gasteiger partial charge in [0.1, 0.15) is 23.0 Å². The fourth-order valence-corrected chi connectivity index (χ4v) is 7.02. The molecular formula is C25H19Br2F6N3O6S2. The van der Waals surface area contributed by atoms with E-state index >= 15 is 0 Å². The van der Waals surface area contributed by atoms with Crippen LogP contribution in [0.1, 0.15) is 27.3 Å². The zero-order valence-electron chi connectivity index (χ0n) is 22.2. The molecule has 19 heteroatoms. The van der Waals surface area contributed by atoms with Crippen LogP contribution >= 0.6 is 43.2 Å². The van der Waals surface area contributed by atoms with Crippen molar-refractivity contribution in [2.45, 2.75) is 26.4 Å². The van der Waals surface area contributed by atoms with Crippen LogP contribution in [0.4, 0.5) is 37.7 Å². The highest BCUT2D eigenvalue weighted by molar-refractivity contribution is 9.11. The van der Waals surface area contributed by atoms with Gasteiger partial charge in [0, 0.05) is 14.6 Å². The van der Waals surface area contributed by atoms with Crippen LogP contribution in [-0.2, 0) is 25.5 Å². The first-order valence-corrected chi connectivity index (χ1v) is 15.9. The van der Waals surface area contributed by atoms with Crippen LogP contribution in [0.25, 0.3) is 0 Å². The van der Waals surface area contributed by atoms with Crippen molar-refractivity contribution in [2.24, 2.45) is 0 Å². The number of aryl methyl sites for hydroxylation is 1. The molecule has 44 heavy (non-hydrogen) atoms. The number of thiazole rings is 1. The van der Waals surface area contributed by atoms with Crippen LogP contribution in [0.5, 0.6) is 5.75 Å². The van der Waals surface area contributed by atoms with Crippen molar-refractivity contribution in [3.8, 4) is 5.75 Å². The monoisotopic (exact) mass is 793 g/mol. The zero-order valence-corrected chi connectivity index (χ0v) is 27.0. The third-order valence-electron chi connectivity index (χ3n) is 5.24. The van der Waals surface area contributed by atoms with E-state index in [0.29, 0.717) is 17.0 Å². The molecule has 2 aromatic carbocycles. The number of sulfone groups is 1. The van der Waals surface area contributed by atoms with Gasteiger partial charge in [-0.05, 0) is 70.0 Å². The first-order valence-electron chi connectivity index (χ1n) is 11.8. The lowest BCUT2D eigenvalue weighted by Crippen LogP contribution is -2.29. The van der Waals surface area contributed by atoms with Crippen molar-refractivity contribution >= 4 is 76.2 Å². The average Bonchev–Trinajstić information content (AvgIpc) is 3.28. The topological polar surface area (TPSA) is 124 Å². The Kier molecular flexibility index (Phi) is 11.1. The number of hydrogen-bond acceptors (Lipinski definition) is 8. The van der Waals surface area contributed by atoms with E-state index in [-0.39, 0.29) is 42.7 Å². The summed E-state index contributed by atoms with van der Waals surface area (Å²) in [6, 6.07) is 10.5. The number of allylic oxidation sites excluding steroid dienone is 1. The number of nitrogens with zero attached hydrogens (tertiary/aromatic N) is 1. The van der Waals surface area contributed by atoms with Crippen molar-refractivity contribution < 1.29 is 53.8 Å². The molecule has 1 aromatic heterocycles. The Balaban J connectivity index is 0.000000257. The second kappa shape index (κ2) is 13.9. The Morgan fingerprint density at radius 3 is 2.09 bits per heavy atom. The van der Waals surface area contributed by atoms with E-state index in [2.05, 4.69) is 52.2 Å². The predicted molar refractivity (Wildman–Crippen MR) is 156 cm³/mol. The standard InChI is InChI=1S/C13H6Br2F6N2O2S.C12H13NO4S/c1-4-22-10(12(16,17)18)9(26-4)11(24)23-8-6(14)2-5(3-7(8)15)25-13(19,20)21;1-9-11(18(15,16)8-7-17-9)12(14)13-10-5-3-2-4-6-10/h2-3H,1H3,(H,23,24);2-6H,7-8H2,1H3,(H,13,14). The van der Waals surface area contributed by atoms with Gasteiger partial charge >= 0.3 is 12.5 Å². The van der Waals surface area contributed by atoms with Gasteiger partial charge in [0.05, 0.1) is 16.4 Å². The average molecular weight is 795 g/mol. The van der Waals surface area contributed by atoms with E-state index in [1.165, 1.54) is 13.8 Å². The first-order chi connectivity index (χ1) is 20.3. The molecule has 3 aromatic rings. The summed E-state index contributed by atoms with van der Waals surface area (Å²) in [5, 5.41) is 4.79. The molecule has 0 fully saturated rings. The Morgan fingerprint density at radius 2 is 1.57 bits per heavy atom. The molecule has 2 amide bonds. The minimum Gasteiger partial charge on any atom is -0.496 e. The molecule has 2 N–H and O–H groups in total. The second-order valence-corrected chi connectivity index (χ2v) is 13.5. The van der Waals surface area contributed by atoms with Gasteiger partial charge in [0.2, 0.25) is 0 Å². The summed E-state index contributed by atoms with van der Waals surface area (Å²) < 4.78 is 108. The third-order valence-corrected chi connectivity index (χ3v) is 9.26. The number of benzene rings is 2. The molecule has 9 nitrogen and oxygen atoms in total. The molecule has 0 saturated carbocycles. The number of para-hydroxylation sites is 1. The number of aromatic nitrogens is 1. The number of alkyl halides is 6. The van der Waals surface area contributed by atoms with Crippen LogP contribution < -0.4 is 15.4 Å². The molecule has 0 saturated heterocycles. The van der Waals surface area contributed by atoms with E-state index < -0.39 is 50.5 Å². The van der Waals surface area contributed by atoms with E-state index in [4.69, 9.17) is 4.74 Å². The molecule has 0 atom stereocenters.